The van der Waals surface area contributed by atoms with E-state index in [0.717, 1.165) is 15.9 Å². The van der Waals surface area contributed by atoms with Gasteiger partial charge in [-0.15, -0.1) is 40.6 Å². The first-order valence-corrected chi connectivity index (χ1v) is 7.04. The van der Waals surface area contributed by atoms with E-state index in [1.54, 1.807) is 0 Å². The number of hydrogen-bond acceptors (Lipinski definition) is 0. The minimum atomic E-state index is 0. The quantitative estimate of drug-likeness (QED) is 0.416. The van der Waals surface area contributed by atoms with E-state index >= 15 is 0 Å². The molecule has 2 rings (SSSR count). The summed E-state index contributed by atoms with van der Waals surface area (Å²) < 4.78 is 0. The van der Waals surface area contributed by atoms with Crippen LogP contribution in [0.3, 0.4) is 0 Å². The molecule has 0 spiro atoms. The second-order valence-corrected chi connectivity index (χ2v) is 4.35. The molecule has 0 aliphatic carbocycles. The molecule has 0 N–H and O–H groups in total. The van der Waals surface area contributed by atoms with Crippen LogP contribution in [-0.2, 0) is 32.6 Å². The van der Waals surface area contributed by atoms with Crippen molar-refractivity contribution < 1.29 is 35.6 Å². The summed E-state index contributed by atoms with van der Waals surface area (Å²) >= 11 is 0. The molecule has 0 atom stereocenters. The number of halogens is 2. The van der Waals surface area contributed by atoms with Gasteiger partial charge in [0.2, 0.25) is 0 Å². The zero-order valence-electron chi connectivity index (χ0n) is 10.4. The van der Waals surface area contributed by atoms with Gasteiger partial charge in [-0.25, -0.2) is 0 Å². The van der Waals surface area contributed by atoms with Crippen molar-refractivity contribution in [3.63, 3.8) is 0 Å². The van der Waals surface area contributed by atoms with Crippen LogP contribution in [0.15, 0.2) is 36.4 Å². The molecule has 0 aromatic heterocycles. The standard InChI is InChI=1S/C11H11.C2H6Si.2FH.Zr/c1-2-9-7-10-5-3-4-6-11(10)8-9;1-3-2;;;/h3-8H,2H2,1H3;1-2H3;2*1H;/q-1;;;;+3/p-2. The van der Waals surface area contributed by atoms with Crippen LogP contribution in [0.25, 0.3) is 10.8 Å². The molecule has 0 aliphatic rings. The van der Waals surface area contributed by atoms with Crippen LogP contribution < -0.4 is 9.41 Å². The summed E-state index contributed by atoms with van der Waals surface area (Å²) in [6.07, 6.45) is 1.13. The van der Waals surface area contributed by atoms with Gasteiger partial charge in [-0.2, -0.15) is 6.07 Å². The summed E-state index contributed by atoms with van der Waals surface area (Å²) in [6.45, 7) is 6.49. The van der Waals surface area contributed by atoms with E-state index in [0.29, 0.717) is 0 Å². The Kier molecular flexibility index (Phi) is 15.9. The average Bonchev–Trinajstić information content (AvgIpc) is 2.61. The fourth-order valence-corrected chi connectivity index (χ4v) is 1.42. The fraction of sp³-hybridized carbons (Fsp3) is 0.308. The van der Waals surface area contributed by atoms with Gasteiger partial charge in [-0.1, -0.05) is 26.1 Å². The summed E-state index contributed by atoms with van der Waals surface area (Å²) in [4.78, 5) is 0. The van der Waals surface area contributed by atoms with Gasteiger partial charge in [-0.05, 0) is 6.42 Å². The Balaban J connectivity index is -0.000000300. The Labute approximate surface area is 124 Å². The number of rotatable bonds is 1. The molecular weight excluding hydrogens is 313 g/mol. The SMILES string of the molecule is CCc1cc2ccccc2[cH-]1.C[Si]C.[F-].[F-].[Zr+3]. The van der Waals surface area contributed by atoms with Crippen LogP contribution in [0, 0.1) is 0 Å². The Morgan fingerprint density at radius 3 is 2.12 bits per heavy atom. The van der Waals surface area contributed by atoms with E-state index in [9.17, 15) is 0 Å². The molecule has 0 saturated carbocycles. The number of aryl methyl sites for hydroxylation is 1. The van der Waals surface area contributed by atoms with Crippen LogP contribution in [-0.4, -0.2) is 9.52 Å². The zero-order valence-corrected chi connectivity index (χ0v) is 13.9. The predicted molar refractivity (Wildman–Crippen MR) is 66.4 cm³/mol. The third-order valence-electron chi connectivity index (χ3n) is 2.09. The molecule has 0 aliphatic heterocycles. The van der Waals surface area contributed by atoms with Crippen LogP contribution in [0.5, 0.6) is 0 Å². The smallest absolute Gasteiger partial charge is 1.00 e. The molecule has 3 radical (unpaired) electrons. The number of hydrogen-bond donors (Lipinski definition) is 0. The van der Waals surface area contributed by atoms with Crippen molar-refractivity contribution in [3.8, 4) is 0 Å². The van der Waals surface area contributed by atoms with Gasteiger partial charge >= 0.3 is 26.2 Å². The molecule has 0 fully saturated rings. The van der Waals surface area contributed by atoms with E-state index < -0.39 is 0 Å². The van der Waals surface area contributed by atoms with E-state index in [1.807, 2.05) is 0 Å². The zero-order chi connectivity index (χ0) is 10.4. The maximum absolute atomic E-state index is 2.26. The van der Waals surface area contributed by atoms with Crippen molar-refractivity contribution >= 4 is 20.3 Å². The minimum Gasteiger partial charge on any atom is -1.00 e. The molecule has 2 aromatic rings. The van der Waals surface area contributed by atoms with Crippen molar-refractivity contribution in [2.24, 2.45) is 0 Å². The Hall–Kier alpha value is -0.210. The average molecular weight is 331 g/mol. The maximum atomic E-state index is 2.26. The molecular formula is C13H17F2SiZr. The van der Waals surface area contributed by atoms with Crippen LogP contribution >= 0.6 is 0 Å². The van der Waals surface area contributed by atoms with E-state index in [-0.39, 0.29) is 35.6 Å². The van der Waals surface area contributed by atoms with Gasteiger partial charge in [0, 0.05) is 9.52 Å². The third kappa shape index (κ3) is 6.95. The van der Waals surface area contributed by atoms with Crippen LogP contribution in [0.1, 0.15) is 12.5 Å². The molecule has 17 heavy (non-hydrogen) atoms. The third-order valence-corrected chi connectivity index (χ3v) is 2.09. The molecule has 0 nitrogen and oxygen atoms in total. The van der Waals surface area contributed by atoms with E-state index in [1.165, 1.54) is 16.3 Å². The van der Waals surface area contributed by atoms with E-state index in [2.05, 4.69) is 56.4 Å². The molecule has 0 heterocycles. The summed E-state index contributed by atoms with van der Waals surface area (Å²) in [7, 11) is 1.08. The van der Waals surface area contributed by atoms with Crippen molar-refractivity contribution in [1.29, 1.82) is 0 Å². The first-order valence-electron chi connectivity index (χ1n) is 5.04. The fourth-order valence-electron chi connectivity index (χ4n) is 1.42. The van der Waals surface area contributed by atoms with Gasteiger partial charge in [0.1, 0.15) is 0 Å². The largest absolute Gasteiger partial charge is 3.00 e. The summed E-state index contributed by atoms with van der Waals surface area (Å²) in [5.41, 5.74) is 1.44. The first kappa shape index (κ1) is 22.0. The van der Waals surface area contributed by atoms with Crippen LogP contribution in [0.2, 0.25) is 13.1 Å². The van der Waals surface area contributed by atoms with Gasteiger partial charge in [0.05, 0.1) is 0 Å². The molecule has 4 heteroatoms. The molecule has 0 bridgehead atoms. The van der Waals surface area contributed by atoms with Crippen molar-refractivity contribution in [3.05, 3.63) is 42.0 Å². The molecule has 2 aromatic carbocycles. The van der Waals surface area contributed by atoms with Crippen molar-refractivity contribution in [2.45, 2.75) is 26.4 Å². The topological polar surface area (TPSA) is 0 Å². The molecule has 91 valence electrons. The van der Waals surface area contributed by atoms with Crippen molar-refractivity contribution in [1.82, 2.24) is 0 Å². The Bertz CT molecular complexity index is 355. The number of fused-ring (bicyclic) bond motifs is 1. The normalized spacial score (nSPS) is 7.94. The Morgan fingerprint density at radius 2 is 1.65 bits per heavy atom. The minimum absolute atomic E-state index is 0. The van der Waals surface area contributed by atoms with Gasteiger partial charge < -0.3 is 9.41 Å². The van der Waals surface area contributed by atoms with Gasteiger partial charge in [0.25, 0.3) is 0 Å². The van der Waals surface area contributed by atoms with E-state index in [4.69, 9.17) is 0 Å². The maximum Gasteiger partial charge on any atom is 3.00 e. The van der Waals surface area contributed by atoms with Gasteiger partial charge in [0.15, 0.2) is 0 Å². The molecule has 0 unspecified atom stereocenters. The van der Waals surface area contributed by atoms with Crippen molar-refractivity contribution in [2.75, 3.05) is 0 Å². The predicted octanol–water partition coefficient (Wildman–Crippen LogP) is -2.09. The second kappa shape index (κ2) is 12.3. The summed E-state index contributed by atoms with van der Waals surface area (Å²) in [5.74, 6) is 0. The van der Waals surface area contributed by atoms with Crippen LogP contribution in [0.4, 0.5) is 0 Å². The second-order valence-electron chi connectivity index (χ2n) is 3.35. The molecule has 0 saturated heterocycles. The monoisotopic (exact) mass is 329 g/mol. The first-order chi connectivity index (χ1) is 6.81. The molecule has 0 amide bonds. The Morgan fingerprint density at radius 1 is 1.12 bits per heavy atom. The summed E-state index contributed by atoms with van der Waals surface area (Å²) in [5, 5.41) is 2.73. The summed E-state index contributed by atoms with van der Waals surface area (Å²) in [6, 6.07) is 13.0. The number of benzene rings is 1. The van der Waals surface area contributed by atoms with Gasteiger partial charge in [-0.3, -0.25) is 0 Å².